The highest BCUT2D eigenvalue weighted by Crippen LogP contribution is 2.13. The SMILES string of the molecule is C=C(Br)CNS(=O)(=O)Cc1ccc([N+](=O)[O-])cc1. The van der Waals surface area contributed by atoms with Crippen molar-refractivity contribution >= 4 is 31.6 Å². The Balaban J connectivity index is 2.72. The number of nitrogens with zero attached hydrogens (tertiary/aromatic N) is 1. The first-order valence-electron chi connectivity index (χ1n) is 4.84. The molecule has 0 heterocycles. The Morgan fingerprint density at radius 3 is 2.39 bits per heavy atom. The minimum Gasteiger partial charge on any atom is -0.258 e. The first-order valence-corrected chi connectivity index (χ1v) is 7.28. The minimum absolute atomic E-state index is 0.0713. The van der Waals surface area contributed by atoms with E-state index in [0.717, 1.165) is 0 Å². The van der Waals surface area contributed by atoms with Crippen molar-refractivity contribution in [3.8, 4) is 0 Å². The van der Waals surface area contributed by atoms with Gasteiger partial charge in [-0.1, -0.05) is 34.6 Å². The monoisotopic (exact) mass is 334 g/mol. The van der Waals surface area contributed by atoms with E-state index < -0.39 is 14.9 Å². The molecular formula is C10H11BrN2O4S. The van der Waals surface area contributed by atoms with Crippen molar-refractivity contribution in [3.05, 3.63) is 51.0 Å². The third-order valence-electron chi connectivity index (χ3n) is 1.99. The lowest BCUT2D eigenvalue weighted by Gasteiger charge is -2.05. The summed E-state index contributed by atoms with van der Waals surface area (Å²) in [5, 5.41) is 10.4. The second-order valence-corrected chi connectivity index (χ2v) is 6.45. The van der Waals surface area contributed by atoms with Gasteiger partial charge in [-0.3, -0.25) is 10.1 Å². The van der Waals surface area contributed by atoms with Crippen molar-refractivity contribution in [2.45, 2.75) is 5.75 Å². The summed E-state index contributed by atoms with van der Waals surface area (Å²) in [6, 6.07) is 5.38. The summed E-state index contributed by atoms with van der Waals surface area (Å²) >= 11 is 3.04. The molecule has 0 radical (unpaired) electrons. The van der Waals surface area contributed by atoms with Gasteiger partial charge in [0, 0.05) is 23.2 Å². The van der Waals surface area contributed by atoms with Crippen molar-refractivity contribution in [2.24, 2.45) is 0 Å². The smallest absolute Gasteiger partial charge is 0.258 e. The Hall–Kier alpha value is -1.25. The highest BCUT2D eigenvalue weighted by molar-refractivity contribution is 9.11. The van der Waals surface area contributed by atoms with E-state index in [1.54, 1.807) is 0 Å². The molecule has 0 aliphatic carbocycles. The zero-order chi connectivity index (χ0) is 13.8. The van der Waals surface area contributed by atoms with Crippen molar-refractivity contribution in [1.29, 1.82) is 0 Å². The molecule has 98 valence electrons. The number of benzene rings is 1. The molecule has 0 atom stereocenters. The average Bonchev–Trinajstić information content (AvgIpc) is 2.27. The number of sulfonamides is 1. The van der Waals surface area contributed by atoms with Crippen molar-refractivity contribution in [2.75, 3.05) is 6.54 Å². The van der Waals surface area contributed by atoms with Gasteiger partial charge in [0.05, 0.1) is 10.7 Å². The predicted octanol–water partition coefficient (Wildman–Crippen LogP) is 1.92. The van der Waals surface area contributed by atoms with E-state index in [9.17, 15) is 18.5 Å². The van der Waals surface area contributed by atoms with Crippen molar-refractivity contribution < 1.29 is 13.3 Å². The Morgan fingerprint density at radius 1 is 1.39 bits per heavy atom. The minimum atomic E-state index is -3.47. The van der Waals surface area contributed by atoms with Gasteiger partial charge in [-0.15, -0.1) is 0 Å². The van der Waals surface area contributed by atoms with Gasteiger partial charge < -0.3 is 0 Å². The standard InChI is InChI=1S/C10H11BrN2O4S/c1-8(11)6-12-18(16,17)7-9-2-4-10(5-3-9)13(14)15/h2-5,12H,1,6-7H2. The van der Waals surface area contributed by atoms with Gasteiger partial charge in [-0.2, -0.15) is 0 Å². The number of nitro benzene ring substituents is 1. The van der Waals surface area contributed by atoms with Crippen LogP contribution in [0.2, 0.25) is 0 Å². The van der Waals surface area contributed by atoms with Crippen molar-refractivity contribution in [3.63, 3.8) is 0 Å². The van der Waals surface area contributed by atoms with E-state index >= 15 is 0 Å². The molecule has 0 aliphatic heterocycles. The molecule has 18 heavy (non-hydrogen) atoms. The van der Waals surface area contributed by atoms with Gasteiger partial charge in [0.25, 0.3) is 5.69 Å². The number of rotatable bonds is 6. The fourth-order valence-corrected chi connectivity index (χ4v) is 2.63. The molecule has 0 saturated carbocycles. The molecule has 0 spiro atoms. The van der Waals surface area contributed by atoms with Crippen LogP contribution in [0.1, 0.15) is 5.56 Å². The number of halogens is 1. The van der Waals surface area contributed by atoms with Gasteiger partial charge in [-0.25, -0.2) is 13.1 Å². The van der Waals surface area contributed by atoms with Crippen LogP contribution in [-0.2, 0) is 15.8 Å². The van der Waals surface area contributed by atoms with Crippen LogP contribution in [-0.4, -0.2) is 19.9 Å². The molecule has 0 unspecified atom stereocenters. The Labute approximate surface area is 113 Å². The number of non-ortho nitro benzene ring substituents is 1. The Morgan fingerprint density at radius 2 is 1.94 bits per heavy atom. The lowest BCUT2D eigenvalue weighted by atomic mass is 10.2. The Kier molecular flexibility index (Phi) is 5.00. The van der Waals surface area contributed by atoms with E-state index in [4.69, 9.17) is 0 Å². The summed E-state index contributed by atoms with van der Waals surface area (Å²) in [7, 11) is -3.47. The van der Waals surface area contributed by atoms with Gasteiger partial charge in [0.1, 0.15) is 0 Å². The van der Waals surface area contributed by atoms with E-state index in [1.165, 1.54) is 24.3 Å². The molecule has 0 saturated heterocycles. The molecule has 0 amide bonds. The second-order valence-electron chi connectivity index (χ2n) is 3.52. The van der Waals surface area contributed by atoms with Gasteiger partial charge in [0.2, 0.25) is 10.0 Å². The molecule has 6 nitrogen and oxygen atoms in total. The summed E-state index contributed by atoms with van der Waals surface area (Å²) in [6.45, 7) is 3.62. The molecule has 1 aromatic carbocycles. The Bertz CT molecular complexity index is 554. The van der Waals surface area contributed by atoms with E-state index in [1.807, 2.05) is 0 Å². The average molecular weight is 335 g/mol. The third kappa shape index (κ3) is 4.94. The molecule has 1 rings (SSSR count). The molecule has 1 N–H and O–H groups in total. The quantitative estimate of drug-likeness (QED) is 0.635. The third-order valence-corrected chi connectivity index (χ3v) is 3.57. The maximum absolute atomic E-state index is 11.6. The molecule has 0 fully saturated rings. The predicted molar refractivity (Wildman–Crippen MR) is 71.8 cm³/mol. The second kappa shape index (κ2) is 6.07. The van der Waals surface area contributed by atoms with E-state index in [-0.39, 0.29) is 18.0 Å². The highest BCUT2D eigenvalue weighted by atomic mass is 79.9. The van der Waals surface area contributed by atoms with Crippen molar-refractivity contribution in [1.82, 2.24) is 4.72 Å². The molecule has 0 bridgehead atoms. The maximum Gasteiger partial charge on any atom is 0.269 e. The largest absolute Gasteiger partial charge is 0.269 e. The van der Waals surface area contributed by atoms with Crippen LogP contribution in [0.15, 0.2) is 35.3 Å². The van der Waals surface area contributed by atoms with Gasteiger partial charge in [-0.05, 0) is 5.56 Å². The molecule has 8 heteroatoms. The number of nitrogens with one attached hydrogen (secondary N) is 1. The molecule has 0 aliphatic rings. The summed E-state index contributed by atoms with van der Waals surface area (Å²) in [6.07, 6.45) is 0. The van der Waals surface area contributed by atoms with Crippen LogP contribution in [0.3, 0.4) is 0 Å². The summed E-state index contributed by atoms with van der Waals surface area (Å²) in [5.74, 6) is -0.231. The van der Waals surface area contributed by atoms with Crippen LogP contribution in [0.4, 0.5) is 5.69 Å². The summed E-state index contributed by atoms with van der Waals surface area (Å²) in [4.78, 5) is 9.90. The normalized spacial score (nSPS) is 11.2. The van der Waals surface area contributed by atoms with E-state index in [2.05, 4.69) is 27.2 Å². The van der Waals surface area contributed by atoms with Crippen LogP contribution in [0.5, 0.6) is 0 Å². The highest BCUT2D eigenvalue weighted by Gasteiger charge is 2.12. The topological polar surface area (TPSA) is 89.3 Å². The van der Waals surface area contributed by atoms with Crippen LogP contribution >= 0.6 is 15.9 Å². The maximum atomic E-state index is 11.6. The first kappa shape index (κ1) is 14.8. The summed E-state index contributed by atoms with van der Waals surface area (Å²) in [5.41, 5.74) is 0.409. The molecule has 0 aromatic heterocycles. The lowest BCUT2D eigenvalue weighted by molar-refractivity contribution is -0.384. The first-order chi connectivity index (χ1) is 8.30. The van der Waals surface area contributed by atoms with E-state index in [0.29, 0.717) is 10.0 Å². The van der Waals surface area contributed by atoms with Crippen LogP contribution in [0, 0.1) is 10.1 Å². The number of nitro groups is 1. The molecule has 1 aromatic rings. The van der Waals surface area contributed by atoms with Gasteiger partial charge in [0.15, 0.2) is 0 Å². The number of hydrogen-bond acceptors (Lipinski definition) is 4. The van der Waals surface area contributed by atoms with Crippen LogP contribution < -0.4 is 4.72 Å². The fraction of sp³-hybridized carbons (Fsp3) is 0.200. The van der Waals surface area contributed by atoms with Crippen LogP contribution in [0.25, 0.3) is 0 Å². The zero-order valence-corrected chi connectivity index (χ0v) is 11.7. The fourth-order valence-electron chi connectivity index (χ4n) is 1.17. The number of hydrogen-bond donors (Lipinski definition) is 1. The summed E-state index contributed by atoms with van der Waals surface area (Å²) < 4.78 is 26.1. The molecular weight excluding hydrogens is 324 g/mol. The zero-order valence-electron chi connectivity index (χ0n) is 9.30. The lowest BCUT2D eigenvalue weighted by Crippen LogP contribution is -2.26. The van der Waals surface area contributed by atoms with Gasteiger partial charge >= 0.3 is 0 Å².